The number of carbonyl (C=O) groups is 3. The normalized spacial score (nSPS) is 25.9. The van der Waals surface area contributed by atoms with Gasteiger partial charge in [-0.05, 0) is 62.6 Å². The molecule has 0 aromatic heterocycles. The molecule has 1 aromatic carbocycles. The molecule has 3 aliphatic rings. The minimum Gasteiger partial charge on any atom is -0.508 e. The lowest BCUT2D eigenvalue weighted by Crippen LogP contribution is -2.43. The van der Waals surface area contributed by atoms with Gasteiger partial charge in [0.05, 0.1) is 12.7 Å². The van der Waals surface area contributed by atoms with Gasteiger partial charge in [0.25, 0.3) is 0 Å². The zero-order chi connectivity index (χ0) is 24.4. The topological polar surface area (TPSA) is 102 Å². The lowest BCUT2D eigenvalue weighted by Gasteiger charge is -2.38. The van der Waals surface area contributed by atoms with Crippen molar-refractivity contribution in [3.8, 4) is 5.75 Å². The van der Waals surface area contributed by atoms with Crippen molar-refractivity contribution in [1.82, 2.24) is 5.32 Å². The van der Waals surface area contributed by atoms with E-state index in [1.165, 1.54) is 7.11 Å². The Morgan fingerprint density at radius 1 is 1.12 bits per heavy atom. The number of methoxy groups -OCH3 is 1. The first-order valence-corrected chi connectivity index (χ1v) is 12.1. The lowest BCUT2D eigenvalue weighted by atomic mass is 9.69. The number of benzene rings is 1. The molecular formula is C27H33NO6. The van der Waals surface area contributed by atoms with Gasteiger partial charge in [-0.1, -0.05) is 31.9 Å². The highest BCUT2D eigenvalue weighted by atomic mass is 16.5. The van der Waals surface area contributed by atoms with E-state index in [9.17, 15) is 19.5 Å². The van der Waals surface area contributed by atoms with E-state index in [0.29, 0.717) is 34.5 Å². The van der Waals surface area contributed by atoms with Crippen LogP contribution in [0.2, 0.25) is 0 Å². The quantitative estimate of drug-likeness (QED) is 0.387. The zero-order valence-electron chi connectivity index (χ0n) is 20.1. The Morgan fingerprint density at radius 3 is 2.47 bits per heavy atom. The van der Waals surface area contributed by atoms with Crippen LogP contribution in [-0.4, -0.2) is 36.0 Å². The second kappa shape index (κ2) is 10.0. The number of esters is 2. The summed E-state index contributed by atoms with van der Waals surface area (Å²) in [5.41, 5.74) is 2.65. The summed E-state index contributed by atoms with van der Waals surface area (Å²) in [6, 6.07) is 6.57. The number of hydrogen-bond donors (Lipinski definition) is 2. The molecule has 2 N–H and O–H groups in total. The van der Waals surface area contributed by atoms with Crippen LogP contribution in [0.3, 0.4) is 0 Å². The fourth-order valence-corrected chi connectivity index (χ4v) is 5.56. The van der Waals surface area contributed by atoms with Crippen LogP contribution >= 0.6 is 0 Å². The molecule has 0 radical (unpaired) electrons. The zero-order valence-corrected chi connectivity index (χ0v) is 20.1. The average Bonchev–Trinajstić information content (AvgIpc) is 3.06. The maximum absolute atomic E-state index is 13.7. The number of nitrogens with one attached hydrogen (secondary N) is 1. The molecule has 1 saturated carbocycles. The number of ketones is 1. The summed E-state index contributed by atoms with van der Waals surface area (Å²) in [6.07, 6.45) is 6.31. The van der Waals surface area contributed by atoms with E-state index in [1.807, 2.05) is 13.8 Å². The molecule has 0 amide bonds. The SMILES string of the molecule is COC(=O)[C@H]1C(=O)C2=C(C[C@H]1C)NC(C)=C(C(=O)OC1CCCCCC1)[C@@H]2c1cccc(O)c1. The molecule has 182 valence electrons. The third-order valence-electron chi connectivity index (χ3n) is 7.24. The van der Waals surface area contributed by atoms with Crippen LogP contribution in [0.15, 0.2) is 46.8 Å². The summed E-state index contributed by atoms with van der Waals surface area (Å²) >= 11 is 0. The first-order chi connectivity index (χ1) is 16.3. The molecule has 0 unspecified atom stereocenters. The monoisotopic (exact) mass is 467 g/mol. The van der Waals surface area contributed by atoms with Crippen LogP contribution in [0, 0.1) is 11.8 Å². The van der Waals surface area contributed by atoms with Crippen molar-refractivity contribution in [2.45, 2.75) is 70.8 Å². The van der Waals surface area contributed by atoms with Crippen LogP contribution in [-0.2, 0) is 23.9 Å². The van der Waals surface area contributed by atoms with Crippen LogP contribution in [0.1, 0.15) is 70.3 Å². The minimum atomic E-state index is -0.942. The molecule has 2 aliphatic carbocycles. The van der Waals surface area contributed by atoms with Gasteiger partial charge in [-0.25, -0.2) is 4.79 Å². The van der Waals surface area contributed by atoms with E-state index in [2.05, 4.69) is 5.32 Å². The minimum absolute atomic E-state index is 0.0356. The van der Waals surface area contributed by atoms with Crippen molar-refractivity contribution >= 4 is 17.7 Å². The van der Waals surface area contributed by atoms with Crippen molar-refractivity contribution in [2.75, 3.05) is 7.11 Å². The fourth-order valence-electron chi connectivity index (χ4n) is 5.56. The number of hydrogen-bond acceptors (Lipinski definition) is 7. The number of phenols is 1. The lowest BCUT2D eigenvalue weighted by molar-refractivity contribution is -0.151. The van der Waals surface area contributed by atoms with Gasteiger partial charge >= 0.3 is 11.9 Å². The van der Waals surface area contributed by atoms with Crippen LogP contribution < -0.4 is 5.32 Å². The highest BCUT2D eigenvalue weighted by molar-refractivity contribution is 6.12. The number of dihydropyridines is 1. The van der Waals surface area contributed by atoms with E-state index < -0.39 is 23.8 Å². The van der Waals surface area contributed by atoms with E-state index >= 15 is 0 Å². The average molecular weight is 468 g/mol. The van der Waals surface area contributed by atoms with Gasteiger partial charge in [-0.2, -0.15) is 0 Å². The number of allylic oxidation sites excluding steroid dienone is 3. The van der Waals surface area contributed by atoms with E-state index in [1.54, 1.807) is 24.3 Å². The third-order valence-corrected chi connectivity index (χ3v) is 7.24. The highest BCUT2D eigenvalue weighted by Crippen LogP contribution is 2.46. The second-order valence-electron chi connectivity index (χ2n) is 9.65. The number of aromatic hydroxyl groups is 1. The summed E-state index contributed by atoms with van der Waals surface area (Å²) in [6.45, 7) is 3.66. The molecule has 1 aliphatic heterocycles. The van der Waals surface area contributed by atoms with Crippen molar-refractivity contribution in [3.05, 3.63) is 52.4 Å². The second-order valence-corrected chi connectivity index (χ2v) is 9.65. The highest BCUT2D eigenvalue weighted by Gasteiger charge is 2.47. The Labute approximate surface area is 200 Å². The van der Waals surface area contributed by atoms with Gasteiger partial charge < -0.3 is 19.9 Å². The number of rotatable bonds is 4. The fraction of sp³-hybridized carbons (Fsp3) is 0.519. The summed E-state index contributed by atoms with van der Waals surface area (Å²) < 4.78 is 10.9. The molecule has 3 atom stereocenters. The van der Waals surface area contributed by atoms with Crippen molar-refractivity contribution in [2.24, 2.45) is 11.8 Å². The van der Waals surface area contributed by atoms with Gasteiger partial charge in [0.15, 0.2) is 5.78 Å². The van der Waals surface area contributed by atoms with Crippen molar-refractivity contribution in [1.29, 1.82) is 0 Å². The summed E-state index contributed by atoms with van der Waals surface area (Å²) in [5, 5.41) is 13.5. The molecule has 7 heteroatoms. The third kappa shape index (κ3) is 4.61. The molecule has 7 nitrogen and oxygen atoms in total. The summed E-state index contributed by atoms with van der Waals surface area (Å²) in [5.74, 6) is -3.28. The van der Waals surface area contributed by atoms with Crippen molar-refractivity contribution in [3.63, 3.8) is 0 Å². The van der Waals surface area contributed by atoms with Gasteiger partial charge in [0, 0.05) is 22.9 Å². The molecular weight excluding hydrogens is 434 g/mol. The maximum Gasteiger partial charge on any atom is 0.337 e. The van der Waals surface area contributed by atoms with Crippen LogP contribution in [0.4, 0.5) is 0 Å². The number of Topliss-reactive ketones (excluding diaryl/α,β-unsaturated/α-hetero) is 1. The van der Waals surface area contributed by atoms with E-state index in [4.69, 9.17) is 9.47 Å². The van der Waals surface area contributed by atoms with Gasteiger partial charge in [-0.15, -0.1) is 0 Å². The molecule has 1 aromatic rings. The maximum atomic E-state index is 13.7. The smallest absolute Gasteiger partial charge is 0.337 e. The molecule has 0 saturated heterocycles. The number of carbonyl (C=O) groups excluding carboxylic acids is 3. The first kappa shape index (κ1) is 24.0. The standard InChI is InChI=1S/C27H33NO6/c1-15-13-20-24(25(30)21(15)26(31)33-3)23(17-9-8-10-18(29)14-17)22(16(2)28-20)27(32)34-19-11-6-4-5-7-12-19/h8-10,14-15,19,21,23,28-29H,4-7,11-13H2,1-3H3/t15-,21-,23+/m1/s1. The summed E-state index contributed by atoms with van der Waals surface area (Å²) in [7, 11) is 1.28. The van der Waals surface area contributed by atoms with Crippen LogP contribution in [0.5, 0.6) is 5.75 Å². The van der Waals surface area contributed by atoms with E-state index in [-0.39, 0.29) is 23.6 Å². The van der Waals surface area contributed by atoms with Crippen molar-refractivity contribution < 1.29 is 29.0 Å². The van der Waals surface area contributed by atoms with E-state index in [0.717, 1.165) is 38.5 Å². The number of ether oxygens (including phenoxy) is 2. The molecule has 34 heavy (non-hydrogen) atoms. The Morgan fingerprint density at radius 2 is 1.82 bits per heavy atom. The largest absolute Gasteiger partial charge is 0.508 e. The Hall–Kier alpha value is -3.09. The molecule has 0 spiro atoms. The molecule has 4 rings (SSSR count). The Kier molecular flexibility index (Phi) is 7.10. The molecule has 0 bridgehead atoms. The predicted octanol–water partition coefficient (Wildman–Crippen LogP) is 4.27. The van der Waals surface area contributed by atoms with Crippen LogP contribution in [0.25, 0.3) is 0 Å². The van der Waals surface area contributed by atoms with Gasteiger partial charge in [0.2, 0.25) is 0 Å². The van der Waals surface area contributed by atoms with Gasteiger partial charge in [0.1, 0.15) is 17.8 Å². The molecule has 1 heterocycles. The predicted molar refractivity (Wildman–Crippen MR) is 126 cm³/mol. The molecule has 1 fully saturated rings. The summed E-state index contributed by atoms with van der Waals surface area (Å²) in [4.78, 5) is 39.8. The van der Waals surface area contributed by atoms with Gasteiger partial charge in [-0.3, -0.25) is 9.59 Å². The Balaban J connectivity index is 1.77. The first-order valence-electron chi connectivity index (χ1n) is 12.1. The Bertz CT molecular complexity index is 1050. The number of phenolic OH excluding ortho intramolecular Hbond substituents is 1.